The fraction of sp³-hybridized carbons (Fsp3) is 1.00. The van der Waals surface area contributed by atoms with E-state index in [1.807, 2.05) is 0 Å². The first-order chi connectivity index (χ1) is 5.08. The van der Waals surface area contributed by atoms with Crippen LogP contribution in [-0.2, 0) is 9.73 Å². The van der Waals surface area contributed by atoms with Gasteiger partial charge in [0.05, 0.1) is 6.54 Å². The van der Waals surface area contributed by atoms with Gasteiger partial charge in [-0.2, -0.15) is 0 Å². The Hall–Kier alpha value is -0.0900. The summed E-state index contributed by atoms with van der Waals surface area (Å²) in [6.45, 7) is 2.90. The minimum Gasteiger partial charge on any atom is -0.316 e. The van der Waals surface area contributed by atoms with E-state index >= 15 is 0 Å². The number of rotatable bonds is 2. The zero-order chi connectivity index (χ0) is 8.32. The van der Waals surface area contributed by atoms with Crippen molar-refractivity contribution in [1.82, 2.24) is 5.32 Å². The van der Waals surface area contributed by atoms with Gasteiger partial charge in [-0.25, -0.2) is 4.36 Å². The first-order valence-electron chi connectivity index (χ1n) is 3.91. The Balaban J connectivity index is 2.37. The van der Waals surface area contributed by atoms with Crippen LogP contribution in [0.25, 0.3) is 0 Å². The van der Waals surface area contributed by atoms with Gasteiger partial charge in [-0.1, -0.05) is 0 Å². The first-order valence-corrected chi connectivity index (χ1v) is 6.25. The van der Waals surface area contributed by atoms with Crippen molar-refractivity contribution in [3.8, 4) is 0 Å². The average Bonchev–Trinajstić information content (AvgIpc) is 2.32. The van der Waals surface area contributed by atoms with Crippen LogP contribution in [0.4, 0.5) is 0 Å². The Morgan fingerprint density at radius 2 is 2.36 bits per heavy atom. The van der Waals surface area contributed by atoms with Gasteiger partial charge in [0.15, 0.2) is 0 Å². The maximum absolute atomic E-state index is 11.2. The van der Waals surface area contributed by atoms with Gasteiger partial charge >= 0.3 is 0 Å². The van der Waals surface area contributed by atoms with Crippen LogP contribution in [0, 0.1) is 5.92 Å². The second kappa shape index (κ2) is 3.54. The molecule has 1 aliphatic heterocycles. The quantitative estimate of drug-likeness (QED) is 0.658. The van der Waals surface area contributed by atoms with E-state index in [-0.39, 0.29) is 0 Å². The molecule has 1 saturated heterocycles. The van der Waals surface area contributed by atoms with Crippen molar-refractivity contribution in [3.05, 3.63) is 0 Å². The highest BCUT2D eigenvalue weighted by Crippen LogP contribution is 2.07. The summed E-state index contributed by atoms with van der Waals surface area (Å²) in [5.74, 6) is 0.621. The molecule has 0 saturated carbocycles. The van der Waals surface area contributed by atoms with Crippen LogP contribution in [0.3, 0.4) is 0 Å². The molecule has 1 heterocycles. The van der Waals surface area contributed by atoms with Crippen LogP contribution in [0.2, 0.25) is 0 Å². The summed E-state index contributed by atoms with van der Waals surface area (Å²) in [4.78, 5) is 0. The molecular weight excluding hydrogens is 160 g/mol. The molecule has 0 aliphatic carbocycles. The minimum absolute atomic E-state index is 0.621. The highest BCUT2D eigenvalue weighted by molar-refractivity contribution is 7.92. The molecule has 1 N–H and O–H groups in total. The zero-order valence-electron chi connectivity index (χ0n) is 7.17. The average molecular weight is 176 g/mol. The first kappa shape index (κ1) is 9.00. The van der Waals surface area contributed by atoms with Gasteiger partial charge in [0.1, 0.15) is 0 Å². The van der Waals surface area contributed by atoms with E-state index in [1.54, 1.807) is 12.5 Å². The molecule has 0 radical (unpaired) electrons. The SMILES string of the molecule is CS(C)(=O)=NCC1CCNC1. The van der Waals surface area contributed by atoms with Crippen molar-refractivity contribution < 1.29 is 4.21 Å². The summed E-state index contributed by atoms with van der Waals surface area (Å²) in [6, 6.07) is 0. The molecule has 1 atom stereocenters. The smallest absolute Gasteiger partial charge is 0.0524 e. The largest absolute Gasteiger partial charge is 0.316 e. The van der Waals surface area contributed by atoms with Gasteiger partial charge in [0, 0.05) is 22.2 Å². The molecule has 0 amide bonds. The van der Waals surface area contributed by atoms with Crippen molar-refractivity contribution in [3.63, 3.8) is 0 Å². The van der Waals surface area contributed by atoms with E-state index in [4.69, 9.17) is 0 Å². The summed E-state index contributed by atoms with van der Waals surface area (Å²) in [5, 5.41) is 3.26. The predicted octanol–water partition coefficient (Wildman–Crippen LogP) is 0.323. The molecule has 3 nitrogen and oxygen atoms in total. The molecule has 1 unspecified atom stereocenters. The summed E-state index contributed by atoms with van der Waals surface area (Å²) >= 11 is 0. The molecule has 0 aromatic carbocycles. The van der Waals surface area contributed by atoms with E-state index in [0.717, 1.165) is 19.6 Å². The van der Waals surface area contributed by atoms with Crippen LogP contribution >= 0.6 is 0 Å². The second-order valence-electron chi connectivity index (χ2n) is 3.35. The van der Waals surface area contributed by atoms with Gasteiger partial charge in [-0.3, -0.25) is 4.21 Å². The Kier molecular flexibility index (Phi) is 2.90. The maximum Gasteiger partial charge on any atom is 0.0524 e. The van der Waals surface area contributed by atoms with Gasteiger partial charge in [-0.15, -0.1) is 0 Å². The number of nitrogens with one attached hydrogen (secondary N) is 1. The molecule has 0 spiro atoms. The third-order valence-electron chi connectivity index (χ3n) is 1.81. The standard InChI is InChI=1S/C7H16N2OS/c1-11(2,10)9-6-7-3-4-8-5-7/h7-8H,3-6H2,1-2H3. The normalized spacial score (nSPS) is 25.5. The fourth-order valence-corrected chi connectivity index (χ4v) is 1.72. The minimum atomic E-state index is -1.86. The van der Waals surface area contributed by atoms with Crippen LogP contribution in [-0.4, -0.2) is 36.4 Å². The van der Waals surface area contributed by atoms with Crippen molar-refractivity contribution in [2.75, 3.05) is 32.1 Å². The lowest BCUT2D eigenvalue weighted by atomic mass is 10.1. The lowest BCUT2D eigenvalue weighted by Crippen LogP contribution is -2.11. The molecule has 1 aliphatic rings. The molecule has 1 rings (SSSR count). The molecular formula is C7H16N2OS. The lowest BCUT2D eigenvalue weighted by Gasteiger charge is -2.03. The van der Waals surface area contributed by atoms with E-state index in [1.165, 1.54) is 6.42 Å². The lowest BCUT2D eigenvalue weighted by molar-refractivity contribution is 0.596. The molecule has 11 heavy (non-hydrogen) atoms. The van der Waals surface area contributed by atoms with Crippen molar-refractivity contribution >= 4 is 9.73 Å². The summed E-state index contributed by atoms with van der Waals surface area (Å²) in [6.07, 6.45) is 4.56. The van der Waals surface area contributed by atoms with Crippen LogP contribution in [0.15, 0.2) is 4.36 Å². The Morgan fingerprint density at radius 1 is 1.64 bits per heavy atom. The van der Waals surface area contributed by atoms with Crippen LogP contribution < -0.4 is 5.32 Å². The van der Waals surface area contributed by atoms with E-state index in [9.17, 15) is 4.21 Å². The summed E-state index contributed by atoms with van der Waals surface area (Å²) < 4.78 is 15.3. The number of hydrogen-bond acceptors (Lipinski definition) is 3. The molecule has 1 fully saturated rings. The molecule has 0 bridgehead atoms. The number of nitrogens with zero attached hydrogens (tertiary/aromatic N) is 1. The molecule has 0 aromatic rings. The molecule has 4 heteroatoms. The highest BCUT2D eigenvalue weighted by atomic mass is 32.2. The predicted molar refractivity (Wildman–Crippen MR) is 48.3 cm³/mol. The maximum atomic E-state index is 11.2. The van der Waals surface area contributed by atoms with E-state index < -0.39 is 9.73 Å². The highest BCUT2D eigenvalue weighted by Gasteiger charge is 2.13. The molecule has 66 valence electrons. The summed E-state index contributed by atoms with van der Waals surface area (Å²) in [7, 11) is -1.86. The monoisotopic (exact) mass is 176 g/mol. The van der Waals surface area contributed by atoms with Crippen molar-refractivity contribution in [1.29, 1.82) is 0 Å². The van der Waals surface area contributed by atoms with Crippen molar-refractivity contribution in [2.45, 2.75) is 6.42 Å². The Bertz CT molecular complexity index is 217. The van der Waals surface area contributed by atoms with Gasteiger partial charge in [0.2, 0.25) is 0 Å². The topological polar surface area (TPSA) is 41.5 Å². The van der Waals surface area contributed by atoms with Gasteiger partial charge < -0.3 is 5.32 Å². The van der Waals surface area contributed by atoms with Crippen molar-refractivity contribution in [2.24, 2.45) is 10.3 Å². The van der Waals surface area contributed by atoms with E-state index in [0.29, 0.717) is 5.92 Å². The Labute approximate surface area is 68.8 Å². The molecule has 0 aromatic heterocycles. The van der Waals surface area contributed by atoms with Crippen LogP contribution in [0.1, 0.15) is 6.42 Å². The second-order valence-corrected chi connectivity index (χ2v) is 5.97. The zero-order valence-corrected chi connectivity index (χ0v) is 7.99. The van der Waals surface area contributed by atoms with Crippen LogP contribution in [0.5, 0.6) is 0 Å². The van der Waals surface area contributed by atoms with Gasteiger partial charge in [0.25, 0.3) is 0 Å². The van der Waals surface area contributed by atoms with Gasteiger partial charge in [-0.05, 0) is 25.4 Å². The number of hydrogen-bond donors (Lipinski definition) is 1. The summed E-state index contributed by atoms with van der Waals surface area (Å²) in [5.41, 5.74) is 0. The Morgan fingerprint density at radius 3 is 2.82 bits per heavy atom. The third-order valence-corrected chi connectivity index (χ3v) is 2.58. The fourth-order valence-electron chi connectivity index (χ4n) is 1.16. The third kappa shape index (κ3) is 3.72. The van der Waals surface area contributed by atoms with E-state index in [2.05, 4.69) is 9.68 Å².